The molecule has 1 aromatic rings. The Morgan fingerprint density at radius 2 is 1.96 bits per heavy atom. The van der Waals surface area contributed by atoms with Crippen LogP contribution >= 0.6 is 0 Å². The zero-order valence-corrected chi connectivity index (χ0v) is 13.8. The van der Waals surface area contributed by atoms with E-state index in [9.17, 15) is 19.2 Å². The Morgan fingerprint density at radius 1 is 1.25 bits per heavy atom. The van der Waals surface area contributed by atoms with E-state index in [0.29, 0.717) is 17.7 Å². The van der Waals surface area contributed by atoms with Crippen LogP contribution in [0.2, 0.25) is 0 Å². The molecule has 7 heteroatoms. The monoisotopic (exact) mass is 331 g/mol. The minimum Gasteiger partial charge on any atom is -0.354 e. The highest BCUT2D eigenvalue weighted by Gasteiger charge is 2.32. The van der Waals surface area contributed by atoms with Gasteiger partial charge in [-0.1, -0.05) is 25.1 Å². The summed E-state index contributed by atoms with van der Waals surface area (Å²) in [5.74, 6) is -1.75. The van der Waals surface area contributed by atoms with Gasteiger partial charge in [0.15, 0.2) is 0 Å². The molecule has 1 aromatic carbocycles. The molecule has 1 aliphatic heterocycles. The van der Waals surface area contributed by atoms with Crippen LogP contribution < -0.4 is 10.6 Å². The van der Waals surface area contributed by atoms with Crippen LogP contribution in [0.4, 0.5) is 0 Å². The molecule has 2 rings (SSSR count). The molecule has 0 spiro atoms. The molecule has 4 amide bonds. The smallest absolute Gasteiger partial charge is 0.261 e. The van der Waals surface area contributed by atoms with Gasteiger partial charge in [-0.3, -0.25) is 24.1 Å². The van der Waals surface area contributed by atoms with Crippen LogP contribution in [0, 0.1) is 0 Å². The first-order chi connectivity index (χ1) is 11.4. The quantitative estimate of drug-likeness (QED) is 0.730. The highest BCUT2D eigenvalue weighted by atomic mass is 16.2. The fourth-order valence-corrected chi connectivity index (χ4v) is 2.46. The SMILES string of the molecule is CCCNC(=O)[C@@H](C)NC(=O)CN1C(=O)Cc2ccccc2C1=O. The van der Waals surface area contributed by atoms with Crippen molar-refractivity contribution in [2.24, 2.45) is 0 Å². The fourth-order valence-electron chi connectivity index (χ4n) is 2.46. The van der Waals surface area contributed by atoms with Gasteiger partial charge in [0.1, 0.15) is 12.6 Å². The number of benzene rings is 1. The summed E-state index contributed by atoms with van der Waals surface area (Å²) in [6.45, 7) is 3.61. The minimum absolute atomic E-state index is 0.0851. The molecule has 0 unspecified atom stereocenters. The fraction of sp³-hybridized carbons (Fsp3) is 0.412. The predicted molar refractivity (Wildman–Crippen MR) is 87.1 cm³/mol. The Morgan fingerprint density at radius 3 is 2.67 bits per heavy atom. The third-order valence-electron chi connectivity index (χ3n) is 3.76. The normalized spacial score (nSPS) is 14.8. The number of nitrogens with one attached hydrogen (secondary N) is 2. The number of imide groups is 1. The van der Waals surface area contributed by atoms with Crippen molar-refractivity contribution in [2.45, 2.75) is 32.7 Å². The molecular weight excluding hydrogens is 310 g/mol. The van der Waals surface area contributed by atoms with Gasteiger partial charge >= 0.3 is 0 Å². The molecule has 0 aliphatic carbocycles. The van der Waals surface area contributed by atoms with Crippen LogP contribution in [0.5, 0.6) is 0 Å². The maximum absolute atomic E-state index is 12.4. The van der Waals surface area contributed by atoms with E-state index in [1.165, 1.54) is 0 Å². The first-order valence-corrected chi connectivity index (χ1v) is 7.93. The maximum Gasteiger partial charge on any atom is 0.261 e. The van der Waals surface area contributed by atoms with Crippen LogP contribution in [-0.2, 0) is 20.8 Å². The highest BCUT2D eigenvalue weighted by Crippen LogP contribution is 2.19. The van der Waals surface area contributed by atoms with E-state index < -0.39 is 30.3 Å². The summed E-state index contributed by atoms with van der Waals surface area (Å²) in [5.41, 5.74) is 1.09. The highest BCUT2D eigenvalue weighted by molar-refractivity contribution is 6.11. The molecule has 24 heavy (non-hydrogen) atoms. The number of hydrogen-bond acceptors (Lipinski definition) is 4. The second-order valence-electron chi connectivity index (χ2n) is 5.70. The van der Waals surface area contributed by atoms with Gasteiger partial charge in [0, 0.05) is 12.1 Å². The van der Waals surface area contributed by atoms with Gasteiger partial charge in [0.25, 0.3) is 5.91 Å². The zero-order chi connectivity index (χ0) is 17.7. The third-order valence-corrected chi connectivity index (χ3v) is 3.76. The van der Waals surface area contributed by atoms with Crippen molar-refractivity contribution in [3.05, 3.63) is 35.4 Å². The summed E-state index contributed by atoms with van der Waals surface area (Å²) in [4.78, 5) is 49.2. The summed E-state index contributed by atoms with van der Waals surface area (Å²) >= 11 is 0. The molecule has 0 radical (unpaired) electrons. The number of carbonyl (C=O) groups is 4. The van der Waals surface area contributed by atoms with E-state index in [4.69, 9.17) is 0 Å². The Labute approximate surface area is 140 Å². The van der Waals surface area contributed by atoms with Crippen molar-refractivity contribution in [3.63, 3.8) is 0 Å². The summed E-state index contributed by atoms with van der Waals surface area (Å²) in [6.07, 6.45) is 0.879. The first kappa shape index (κ1) is 17.7. The molecule has 0 saturated carbocycles. The van der Waals surface area contributed by atoms with Gasteiger partial charge in [-0.2, -0.15) is 0 Å². The molecule has 1 heterocycles. The first-order valence-electron chi connectivity index (χ1n) is 7.93. The van der Waals surface area contributed by atoms with Crippen molar-refractivity contribution in [1.82, 2.24) is 15.5 Å². The van der Waals surface area contributed by atoms with Gasteiger partial charge in [-0.05, 0) is 25.0 Å². The van der Waals surface area contributed by atoms with Crippen LogP contribution in [0.3, 0.4) is 0 Å². The lowest BCUT2D eigenvalue weighted by Crippen LogP contribution is -2.51. The van der Waals surface area contributed by atoms with Crippen LogP contribution in [0.15, 0.2) is 24.3 Å². The molecule has 1 atom stereocenters. The molecule has 0 aromatic heterocycles. The number of amides is 4. The molecule has 7 nitrogen and oxygen atoms in total. The molecule has 0 bridgehead atoms. The summed E-state index contributed by atoms with van der Waals surface area (Å²) < 4.78 is 0. The number of nitrogens with zero attached hydrogens (tertiary/aromatic N) is 1. The number of rotatable bonds is 6. The van der Waals surface area contributed by atoms with Crippen LogP contribution in [-0.4, -0.2) is 47.7 Å². The average molecular weight is 331 g/mol. The van der Waals surface area contributed by atoms with Crippen molar-refractivity contribution in [1.29, 1.82) is 0 Å². The van der Waals surface area contributed by atoms with Gasteiger partial charge in [0.05, 0.1) is 6.42 Å². The average Bonchev–Trinajstić information content (AvgIpc) is 2.56. The largest absolute Gasteiger partial charge is 0.354 e. The van der Waals surface area contributed by atoms with E-state index >= 15 is 0 Å². The lowest BCUT2D eigenvalue weighted by Gasteiger charge is -2.26. The molecule has 0 fully saturated rings. The molecule has 1 aliphatic rings. The topological polar surface area (TPSA) is 95.6 Å². The Bertz CT molecular complexity index is 672. The Kier molecular flexibility index (Phi) is 5.68. The van der Waals surface area contributed by atoms with Gasteiger partial charge in [-0.25, -0.2) is 0 Å². The summed E-state index contributed by atoms with van der Waals surface area (Å²) in [5, 5.41) is 5.17. The van der Waals surface area contributed by atoms with Crippen molar-refractivity contribution >= 4 is 23.6 Å². The van der Waals surface area contributed by atoms with Gasteiger partial charge in [0.2, 0.25) is 17.7 Å². The van der Waals surface area contributed by atoms with Crippen LogP contribution in [0.25, 0.3) is 0 Å². The second kappa shape index (κ2) is 7.72. The summed E-state index contributed by atoms with van der Waals surface area (Å²) in [7, 11) is 0. The number of carbonyl (C=O) groups excluding carboxylic acids is 4. The third kappa shape index (κ3) is 3.98. The molecule has 128 valence electrons. The maximum atomic E-state index is 12.4. The lowest BCUT2D eigenvalue weighted by atomic mass is 9.98. The van der Waals surface area contributed by atoms with Gasteiger partial charge < -0.3 is 10.6 Å². The number of fused-ring (bicyclic) bond motifs is 1. The van der Waals surface area contributed by atoms with Crippen molar-refractivity contribution in [2.75, 3.05) is 13.1 Å². The Balaban J connectivity index is 1.98. The zero-order valence-electron chi connectivity index (χ0n) is 13.8. The molecule has 0 saturated heterocycles. The number of hydrogen-bond donors (Lipinski definition) is 2. The van der Waals surface area contributed by atoms with Gasteiger partial charge in [-0.15, -0.1) is 0 Å². The van der Waals surface area contributed by atoms with E-state index in [2.05, 4.69) is 10.6 Å². The molecule has 2 N–H and O–H groups in total. The van der Waals surface area contributed by atoms with Crippen molar-refractivity contribution in [3.8, 4) is 0 Å². The van der Waals surface area contributed by atoms with Crippen molar-refractivity contribution < 1.29 is 19.2 Å². The summed E-state index contributed by atoms with van der Waals surface area (Å²) in [6, 6.07) is 6.10. The second-order valence-corrected chi connectivity index (χ2v) is 5.70. The van der Waals surface area contributed by atoms with Crippen LogP contribution in [0.1, 0.15) is 36.2 Å². The Hall–Kier alpha value is -2.70. The lowest BCUT2D eigenvalue weighted by molar-refractivity contribution is -0.134. The predicted octanol–water partition coefficient (Wildman–Crippen LogP) is 0.242. The molecular formula is C17H21N3O4. The van der Waals surface area contributed by atoms with E-state index in [0.717, 1.165) is 11.3 Å². The van der Waals surface area contributed by atoms with E-state index in [1.807, 2.05) is 6.92 Å². The minimum atomic E-state index is -0.730. The van der Waals surface area contributed by atoms with E-state index in [-0.39, 0.29) is 12.3 Å². The standard InChI is InChI=1S/C17H21N3O4/c1-3-8-18-16(23)11(2)19-14(21)10-20-15(22)9-12-6-4-5-7-13(12)17(20)24/h4-7,11H,3,8-10H2,1-2H3,(H,18,23)(H,19,21)/t11-/m1/s1. The van der Waals surface area contributed by atoms with E-state index in [1.54, 1.807) is 31.2 Å².